The minimum absolute atomic E-state index is 0. The predicted octanol–water partition coefficient (Wildman–Crippen LogP) is 3.38. The van der Waals surface area contributed by atoms with Crippen LogP contribution >= 0.6 is 24.0 Å². The highest BCUT2D eigenvalue weighted by Gasteiger charge is 2.03. The van der Waals surface area contributed by atoms with E-state index in [1.165, 1.54) is 0 Å². The first-order valence-electron chi connectivity index (χ1n) is 7.81. The average Bonchev–Trinajstić information content (AvgIpc) is 2.45. The fourth-order valence-corrected chi connectivity index (χ4v) is 2.33. The van der Waals surface area contributed by atoms with Gasteiger partial charge in [-0.2, -0.15) is 0 Å². The second-order valence-electron chi connectivity index (χ2n) is 5.73. The Morgan fingerprint density at radius 3 is 2.44 bits per heavy atom. The highest BCUT2D eigenvalue weighted by molar-refractivity contribution is 14.0. The van der Waals surface area contributed by atoms with Gasteiger partial charge in [0.1, 0.15) is 5.82 Å². The molecule has 134 valence electrons. The molecule has 0 saturated carbocycles. The third-order valence-corrected chi connectivity index (χ3v) is 3.27. The van der Waals surface area contributed by atoms with Gasteiger partial charge in [-0.1, -0.05) is 12.1 Å². The van der Waals surface area contributed by atoms with Gasteiger partial charge in [-0.05, 0) is 56.2 Å². The van der Waals surface area contributed by atoms with Crippen molar-refractivity contribution in [3.63, 3.8) is 0 Å². The van der Waals surface area contributed by atoms with E-state index in [1.54, 1.807) is 6.07 Å². The van der Waals surface area contributed by atoms with Crippen molar-refractivity contribution in [2.45, 2.75) is 27.2 Å². The minimum Gasteiger partial charge on any atom is -0.370 e. The predicted molar refractivity (Wildman–Crippen MR) is 114 cm³/mol. The molecule has 0 saturated heterocycles. The molecule has 2 rings (SSSR count). The van der Waals surface area contributed by atoms with Crippen LogP contribution in [-0.4, -0.2) is 23.4 Å². The number of rotatable bonds is 5. The van der Waals surface area contributed by atoms with Gasteiger partial charge in [0.25, 0.3) is 0 Å². The number of nitrogens with two attached hydrogens (primary N) is 1. The Morgan fingerprint density at radius 1 is 1.12 bits per heavy atom. The molecular weight excluding hydrogens is 429 g/mol. The molecule has 0 fully saturated rings. The average molecular weight is 453 g/mol. The van der Waals surface area contributed by atoms with Crippen molar-refractivity contribution in [2.24, 2.45) is 10.7 Å². The number of guanidine groups is 1. The number of aromatic nitrogens is 1. The Morgan fingerprint density at radius 2 is 1.80 bits per heavy atom. The first-order chi connectivity index (χ1) is 11.4. The Labute approximate surface area is 165 Å². The van der Waals surface area contributed by atoms with E-state index in [4.69, 9.17) is 5.73 Å². The summed E-state index contributed by atoms with van der Waals surface area (Å²) in [6.45, 7) is 6.23. The number of carbonyl (C=O) groups is 1. The van der Waals surface area contributed by atoms with Crippen molar-refractivity contribution in [1.82, 2.24) is 4.98 Å². The van der Waals surface area contributed by atoms with E-state index in [0.717, 1.165) is 22.5 Å². The topological polar surface area (TPSA) is 92.4 Å². The highest BCUT2D eigenvalue weighted by Crippen LogP contribution is 2.13. The number of carbonyl (C=O) groups excluding carboxylic acids is 1. The Balaban J connectivity index is 0.00000312. The molecule has 0 unspecified atom stereocenters. The van der Waals surface area contributed by atoms with Crippen molar-refractivity contribution in [3.05, 3.63) is 53.2 Å². The van der Waals surface area contributed by atoms with Gasteiger partial charge in [0.15, 0.2) is 5.96 Å². The van der Waals surface area contributed by atoms with Gasteiger partial charge in [0.05, 0.1) is 6.54 Å². The molecule has 1 amide bonds. The fraction of sp³-hybridized carbons (Fsp3) is 0.278. The summed E-state index contributed by atoms with van der Waals surface area (Å²) in [5, 5.41) is 5.78. The molecule has 0 aliphatic carbocycles. The Hall–Kier alpha value is -2.16. The van der Waals surface area contributed by atoms with Gasteiger partial charge in [0, 0.05) is 17.8 Å². The lowest BCUT2D eigenvalue weighted by Gasteiger charge is -2.08. The van der Waals surface area contributed by atoms with Crippen molar-refractivity contribution in [3.8, 4) is 0 Å². The third kappa shape index (κ3) is 7.51. The van der Waals surface area contributed by atoms with E-state index in [-0.39, 0.29) is 36.3 Å². The smallest absolute Gasteiger partial charge is 0.227 e. The molecule has 0 spiro atoms. The summed E-state index contributed by atoms with van der Waals surface area (Å²) in [4.78, 5) is 20.3. The van der Waals surface area contributed by atoms with Crippen LogP contribution in [0.4, 0.5) is 11.5 Å². The fourth-order valence-electron chi connectivity index (χ4n) is 2.33. The zero-order valence-electron chi connectivity index (χ0n) is 14.7. The van der Waals surface area contributed by atoms with Gasteiger partial charge in [-0.25, -0.2) is 4.98 Å². The summed E-state index contributed by atoms with van der Waals surface area (Å²) in [7, 11) is 0. The number of pyridine rings is 1. The number of anilines is 2. The van der Waals surface area contributed by atoms with E-state index < -0.39 is 0 Å². The standard InChI is InChI=1S/C18H23N5O.HI/c1-12-9-13(2)11-15(10-12)22-18(19)20-8-7-17(24)23-16-6-4-5-14(3)21-16;/h4-6,9-11H,7-8H2,1-3H3,(H3,19,20,22)(H,21,23,24);1H. The summed E-state index contributed by atoms with van der Waals surface area (Å²) in [6, 6.07) is 11.5. The number of halogens is 1. The number of aliphatic imine (C=N–C) groups is 1. The maximum Gasteiger partial charge on any atom is 0.227 e. The first-order valence-corrected chi connectivity index (χ1v) is 7.81. The largest absolute Gasteiger partial charge is 0.370 e. The SMILES string of the molecule is Cc1cc(C)cc(NC(N)=NCCC(=O)Nc2cccc(C)n2)c1.I. The molecular formula is C18H24IN5O. The third-order valence-electron chi connectivity index (χ3n) is 3.27. The second kappa shape index (κ2) is 9.97. The van der Waals surface area contributed by atoms with Crippen molar-refractivity contribution < 1.29 is 4.79 Å². The molecule has 6 nitrogen and oxygen atoms in total. The van der Waals surface area contributed by atoms with Crippen LogP contribution in [0.1, 0.15) is 23.2 Å². The molecule has 7 heteroatoms. The zero-order valence-corrected chi connectivity index (χ0v) is 17.0. The van der Waals surface area contributed by atoms with Gasteiger partial charge < -0.3 is 16.4 Å². The number of benzene rings is 1. The molecule has 0 bridgehead atoms. The lowest BCUT2D eigenvalue weighted by molar-refractivity contribution is -0.116. The maximum atomic E-state index is 11.9. The van der Waals surface area contributed by atoms with E-state index in [9.17, 15) is 4.79 Å². The number of aryl methyl sites for hydroxylation is 3. The van der Waals surface area contributed by atoms with Crippen molar-refractivity contribution in [1.29, 1.82) is 0 Å². The second-order valence-corrected chi connectivity index (χ2v) is 5.73. The number of hydrogen-bond donors (Lipinski definition) is 3. The summed E-state index contributed by atoms with van der Waals surface area (Å²) < 4.78 is 0. The van der Waals surface area contributed by atoms with Gasteiger partial charge in [0.2, 0.25) is 5.91 Å². The highest BCUT2D eigenvalue weighted by atomic mass is 127. The van der Waals surface area contributed by atoms with E-state index in [0.29, 0.717) is 18.3 Å². The molecule has 1 aromatic heterocycles. The van der Waals surface area contributed by atoms with E-state index in [1.807, 2.05) is 45.0 Å². The van der Waals surface area contributed by atoms with Crippen LogP contribution in [-0.2, 0) is 4.79 Å². The van der Waals surface area contributed by atoms with Crippen LogP contribution in [0.2, 0.25) is 0 Å². The molecule has 1 aromatic carbocycles. The Kier molecular flexibility index (Phi) is 8.33. The van der Waals surface area contributed by atoms with Crippen molar-refractivity contribution in [2.75, 3.05) is 17.2 Å². The van der Waals surface area contributed by atoms with Crippen LogP contribution < -0.4 is 16.4 Å². The quantitative estimate of drug-likeness (QED) is 0.368. The van der Waals surface area contributed by atoms with Gasteiger partial charge in [-0.3, -0.25) is 9.79 Å². The monoisotopic (exact) mass is 453 g/mol. The van der Waals surface area contributed by atoms with Gasteiger partial charge in [-0.15, -0.1) is 24.0 Å². The molecule has 0 aliphatic heterocycles. The van der Waals surface area contributed by atoms with Crippen LogP contribution in [0, 0.1) is 20.8 Å². The van der Waals surface area contributed by atoms with Crippen LogP contribution in [0.3, 0.4) is 0 Å². The number of nitrogens with one attached hydrogen (secondary N) is 2. The maximum absolute atomic E-state index is 11.9. The molecule has 1 heterocycles. The van der Waals surface area contributed by atoms with Crippen LogP contribution in [0.25, 0.3) is 0 Å². The molecule has 2 aromatic rings. The molecule has 4 N–H and O–H groups in total. The number of amides is 1. The van der Waals surface area contributed by atoms with E-state index in [2.05, 4.69) is 26.7 Å². The normalized spacial score (nSPS) is 10.8. The lowest BCUT2D eigenvalue weighted by Crippen LogP contribution is -2.23. The van der Waals surface area contributed by atoms with E-state index >= 15 is 0 Å². The summed E-state index contributed by atoms with van der Waals surface area (Å²) in [5.41, 5.74) is 9.90. The summed E-state index contributed by atoms with van der Waals surface area (Å²) in [6.07, 6.45) is 0.241. The molecule has 0 radical (unpaired) electrons. The zero-order chi connectivity index (χ0) is 17.5. The van der Waals surface area contributed by atoms with Crippen molar-refractivity contribution >= 4 is 47.3 Å². The van der Waals surface area contributed by atoms with Gasteiger partial charge >= 0.3 is 0 Å². The lowest BCUT2D eigenvalue weighted by atomic mass is 10.1. The molecule has 0 aliphatic rings. The number of hydrogen-bond acceptors (Lipinski definition) is 3. The molecule has 0 atom stereocenters. The minimum atomic E-state index is -0.143. The van der Waals surface area contributed by atoms with Crippen LogP contribution in [0.15, 0.2) is 41.4 Å². The first kappa shape index (κ1) is 20.9. The summed E-state index contributed by atoms with van der Waals surface area (Å²) >= 11 is 0. The number of nitrogens with zero attached hydrogens (tertiary/aromatic N) is 2. The molecule has 25 heavy (non-hydrogen) atoms. The summed E-state index contributed by atoms with van der Waals surface area (Å²) in [5.74, 6) is 0.697. The van der Waals surface area contributed by atoms with Crippen LogP contribution in [0.5, 0.6) is 0 Å². The Bertz CT molecular complexity index is 741.